The minimum Gasteiger partial charge on any atom is -0.489 e. The van der Waals surface area contributed by atoms with Gasteiger partial charge in [0.15, 0.2) is 0 Å². The first kappa shape index (κ1) is 13.7. The van der Waals surface area contributed by atoms with Gasteiger partial charge in [-0.2, -0.15) is 0 Å². The van der Waals surface area contributed by atoms with Gasteiger partial charge >= 0.3 is 0 Å². The van der Waals surface area contributed by atoms with Crippen molar-refractivity contribution in [2.45, 2.75) is 13.5 Å². The molecule has 0 bridgehead atoms. The molecule has 0 atom stereocenters. The van der Waals surface area contributed by atoms with Crippen LogP contribution in [0, 0.1) is 0 Å². The predicted molar refractivity (Wildman–Crippen MR) is 67.5 cm³/mol. The number of allylic oxidation sites excluding steroid dienone is 1. The van der Waals surface area contributed by atoms with Crippen molar-refractivity contribution in [2.24, 2.45) is 0 Å². The summed E-state index contributed by atoms with van der Waals surface area (Å²) in [5, 5.41) is 10.4. The number of hydrogen-bond donors (Lipinski definition) is 1. The second-order valence-corrected chi connectivity index (χ2v) is 4.54. The van der Waals surface area contributed by atoms with Crippen LogP contribution < -0.4 is 4.74 Å². The number of benzene rings is 1. The van der Waals surface area contributed by atoms with Gasteiger partial charge in [-0.25, -0.2) is 0 Å². The first-order valence-corrected chi connectivity index (χ1v) is 5.72. The number of ether oxygens (including phenoxy) is 1. The highest BCUT2D eigenvalue weighted by Gasteiger charge is 2.07. The predicted octanol–water partition coefficient (Wildman–Crippen LogP) is 4.01. The molecule has 1 aromatic carbocycles. The van der Waals surface area contributed by atoms with Gasteiger partial charge in [0.25, 0.3) is 0 Å². The van der Waals surface area contributed by atoms with Crippen molar-refractivity contribution in [1.29, 1.82) is 0 Å². The van der Waals surface area contributed by atoms with Gasteiger partial charge in [0.05, 0.1) is 16.7 Å². The van der Waals surface area contributed by atoms with E-state index in [1.54, 1.807) is 25.1 Å². The summed E-state index contributed by atoms with van der Waals surface area (Å²) in [7, 11) is 0. The summed E-state index contributed by atoms with van der Waals surface area (Å²) < 4.78 is 5.37. The van der Waals surface area contributed by atoms with Crippen LogP contribution in [0.2, 0.25) is 10.0 Å². The van der Waals surface area contributed by atoms with E-state index in [1.165, 1.54) is 0 Å². The van der Waals surface area contributed by atoms with Crippen LogP contribution in [0.15, 0.2) is 23.2 Å². The second kappa shape index (κ2) is 6.36. The summed E-state index contributed by atoms with van der Waals surface area (Å²) in [5.41, 5.74) is 0.500. The molecule has 0 saturated heterocycles. The zero-order valence-electron chi connectivity index (χ0n) is 8.64. The fourth-order valence-corrected chi connectivity index (χ4v) is 1.72. The van der Waals surface area contributed by atoms with E-state index in [2.05, 4.69) is 0 Å². The molecular formula is C11H11Cl3O2. The maximum absolute atomic E-state index is 9.00. The van der Waals surface area contributed by atoms with Gasteiger partial charge in [0.1, 0.15) is 12.4 Å². The van der Waals surface area contributed by atoms with Crippen molar-refractivity contribution < 1.29 is 9.84 Å². The maximum atomic E-state index is 9.00. The van der Waals surface area contributed by atoms with Crippen molar-refractivity contribution in [3.8, 4) is 5.75 Å². The van der Waals surface area contributed by atoms with E-state index >= 15 is 0 Å². The molecule has 16 heavy (non-hydrogen) atoms. The molecule has 0 spiro atoms. The first-order valence-electron chi connectivity index (χ1n) is 4.58. The number of halogens is 3. The average molecular weight is 282 g/mol. The standard InChI is InChI=1S/C11H11Cl3O2/c1-7(12)2-3-16-8-4-10(13)9(6-15)11(14)5-8/h2,4-5,15H,3,6H2,1H3/b7-2-. The van der Waals surface area contributed by atoms with Crippen molar-refractivity contribution >= 4 is 34.8 Å². The Morgan fingerprint density at radius 1 is 1.38 bits per heavy atom. The second-order valence-electron chi connectivity index (χ2n) is 3.13. The molecule has 1 rings (SSSR count). The van der Waals surface area contributed by atoms with Crippen LogP contribution in [0.3, 0.4) is 0 Å². The lowest BCUT2D eigenvalue weighted by Gasteiger charge is -2.08. The Morgan fingerprint density at radius 3 is 2.38 bits per heavy atom. The first-order chi connectivity index (χ1) is 7.54. The molecule has 0 aliphatic carbocycles. The zero-order chi connectivity index (χ0) is 12.1. The highest BCUT2D eigenvalue weighted by molar-refractivity contribution is 6.36. The van der Waals surface area contributed by atoms with Crippen molar-refractivity contribution in [3.05, 3.63) is 38.8 Å². The van der Waals surface area contributed by atoms with Gasteiger partial charge in [-0.3, -0.25) is 0 Å². The van der Waals surface area contributed by atoms with Gasteiger partial charge in [0, 0.05) is 10.6 Å². The summed E-state index contributed by atoms with van der Waals surface area (Å²) in [6.07, 6.45) is 1.73. The van der Waals surface area contributed by atoms with Gasteiger partial charge < -0.3 is 9.84 Å². The molecule has 0 amide bonds. The molecule has 0 saturated carbocycles. The van der Waals surface area contributed by atoms with E-state index in [4.69, 9.17) is 44.6 Å². The number of aliphatic hydroxyl groups excluding tert-OH is 1. The van der Waals surface area contributed by atoms with Crippen LogP contribution in [0.4, 0.5) is 0 Å². The van der Waals surface area contributed by atoms with Gasteiger partial charge in [-0.05, 0) is 25.1 Å². The van der Waals surface area contributed by atoms with Gasteiger partial charge in [-0.1, -0.05) is 34.8 Å². The molecule has 0 unspecified atom stereocenters. The zero-order valence-corrected chi connectivity index (χ0v) is 10.9. The topological polar surface area (TPSA) is 29.5 Å². The Bertz CT molecular complexity index is 375. The minimum atomic E-state index is -0.196. The summed E-state index contributed by atoms with van der Waals surface area (Å²) in [5.74, 6) is 0.543. The Hall–Kier alpha value is -0.410. The summed E-state index contributed by atoms with van der Waals surface area (Å²) >= 11 is 17.5. The Labute approximate surface area is 109 Å². The summed E-state index contributed by atoms with van der Waals surface area (Å²) in [4.78, 5) is 0. The molecule has 1 aromatic rings. The van der Waals surface area contributed by atoms with Gasteiger partial charge in [-0.15, -0.1) is 0 Å². The number of aliphatic hydroxyl groups is 1. The highest BCUT2D eigenvalue weighted by atomic mass is 35.5. The van der Waals surface area contributed by atoms with Crippen LogP contribution in [0.25, 0.3) is 0 Å². The van der Waals surface area contributed by atoms with Crippen molar-refractivity contribution in [2.75, 3.05) is 6.61 Å². The maximum Gasteiger partial charge on any atom is 0.122 e. The van der Waals surface area contributed by atoms with Crippen LogP contribution in [-0.2, 0) is 6.61 Å². The third kappa shape index (κ3) is 3.87. The van der Waals surface area contributed by atoms with Crippen LogP contribution in [-0.4, -0.2) is 11.7 Å². The molecule has 0 radical (unpaired) electrons. The quantitative estimate of drug-likeness (QED) is 0.903. The lowest BCUT2D eigenvalue weighted by atomic mass is 10.2. The third-order valence-corrected chi connectivity index (χ3v) is 2.72. The van der Waals surface area contributed by atoms with Gasteiger partial charge in [0.2, 0.25) is 0 Å². The lowest BCUT2D eigenvalue weighted by molar-refractivity contribution is 0.281. The fourth-order valence-electron chi connectivity index (χ4n) is 1.07. The van der Waals surface area contributed by atoms with E-state index in [1.807, 2.05) is 0 Å². The molecule has 1 N–H and O–H groups in total. The van der Waals surface area contributed by atoms with E-state index < -0.39 is 0 Å². The van der Waals surface area contributed by atoms with E-state index in [0.717, 1.165) is 0 Å². The van der Waals surface area contributed by atoms with E-state index in [-0.39, 0.29) is 6.61 Å². The Kier molecular flexibility index (Phi) is 5.42. The normalized spacial score (nSPS) is 11.7. The monoisotopic (exact) mass is 280 g/mol. The SMILES string of the molecule is C/C(Cl)=C/COc1cc(Cl)c(CO)c(Cl)c1. The van der Waals surface area contributed by atoms with Crippen molar-refractivity contribution in [1.82, 2.24) is 0 Å². The molecule has 0 heterocycles. The smallest absolute Gasteiger partial charge is 0.122 e. The van der Waals surface area contributed by atoms with Crippen LogP contribution in [0.5, 0.6) is 5.75 Å². The van der Waals surface area contributed by atoms with E-state index in [0.29, 0.717) is 33.0 Å². The fraction of sp³-hybridized carbons (Fsp3) is 0.273. The van der Waals surface area contributed by atoms with Crippen molar-refractivity contribution in [3.63, 3.8) is 0 Å². The minimum absolute atomic E-state index is 0.196. The average Bonchev–Trinajstić information content (AvgIpc) is 2.16. The Morgan fingerprint density at radius 2 is 1.94 bits per heavy atom. The molecule has 2 nitrogen and oxygen atoms in total. The Balaban J connectivity index is 2.80. The van der Waals surface area contributed by atoms with Crippen LogP contribution in [0.1, 0.15) is 12.5 Å². The summed E-state index contributed by atoms with van der Waals surface area (Å²) in [6, 6.07) is 3.22. The molecule has 5 heteroatoms. The molecular weight excluding hydrogens is 270 g/mol. The largest absolute Gasteiger partial charge is 0.489 e. The molecule has 0 fully saturated rings. The molecule has 0 aliphatic rings. The molecule has 0 aliphatic heterocycles. The lowest BCUT2D eigenvalue weighted by Crippen LogP contribution is -1.95. The number of rotatable bonds is 4. The van der Waals surface area contributed by atoms with E-state index in [9.17, 15) is 0 Å². The molecule has 0 aromatic heterocycles. The van der Waals surface area contributed by atoms with Crippen LogP contribution >= 0.6 is 34.8 Å². The molecule has 88 valence electrons. The highest BCUT2D eigenvalue weighted by Crippen LogP contribution is 2.30. The summed E-state index contributed by atoms with van der Waals surface area (Å²) in [6.45, 7) is 1.92. The third-order valence-electron chi connectivity index (χ3n) is 1.89. The number of hydrogen-bond acceptors (Lipinski definition) is 2.